The fraction of sp³-hybridized carbons (Fsp3) is 0.158. The van der Waals surface area contributed by atoms with E-state index >= 15 is 0 Å². The molecule has 1 aromatic heterocycles. The molecule has 0 fully saturated rings. The zero-order chi connectivity index (χ0) is 19.4. The Balaban J connectivity index is 1.99. The van der Waals surface area contributed by atoms with E-state index in [2.05, 4.69) is 20.6 Å². The van der Waals surface area contributed by atoms with Gasteiger partial charge in [0, 0.05) is 16.4 Å². The molecule has 0 aliphatic heterocycles. The van der Waals surface area contributed by atoms with Crippen molar-refractivity contribution < 1.29 is 4.92 Å². The van der Waals surface area contributed by atoms with E-state index < -0.39 is 4.92 Å². The maximum Gasteiger partial charge on any atom is 0.353 e. The van der Waals surface area contributed by atoms with Crippen molar-refractivity contribution >= 4 is 40.3 Å². The van der Waals surface area contributed by atoms with E-state index in [4.69, 9.17) is 11.6 Å². The summed E-state index contributed by atoms with van der Waals surface area (Å²) in [5.74, 6) is 0.211. The fourth-order valence-corrected chi connectivity index (χ4v) is 2.80. The third-order valence-corrected chi connectivity index (χ3v) is 4.50. The van der Waals surface area contributed by atoms with Crippen molar-refractivity contribution in [3.63, 3.8) is 0 Å². The molecular formula is C19H18ClN5O2. The summed E-state index contributed by atoms with van der Waals surface area (Å²) in [5.41, 5.74) is 3.08. The molecule has 2 N–H and O–H groups in total. The third kappa shape index (κ3) is 4.15. The van der Waals surface area contributed by atoms with Crippen molar-refractivity contribution in [1.29, 1.82) is 0 Å². The molecule has 1 heterocycles. The van der Waals surface area contributed by atoms with Crippen LogP contribution in [0.1, 0.15) is 18.1 Å². The fourth-order valence-electron chi connectivity index (χ4n) is 2.62. The Morgan fingerprint density at radius 2 is 1.81 bits per heavy atom. The summed E-state index contributed by atoms with van der Waals surface area (Å²) in [7, 11) is 0. The number of benzene rings is 2. The number of aryl methyl sites for hydroxylation is 2. The van der Waals surface area contributed by atoms with Crippen LogP contribution in [0.4, 0.5) is 28.7 Å². The van der Waals surface area contributed by atoms with Crippen LogP contribution in [0.5, 0.6) is 0 Å². The first-order valence-electron chi connectivity index (χ1n) is 8.37. The maximum atomic E-state index is 11.7. The van der Waals surface area contributed by atoms with E-state index in [1.54, 1.807) is 12.1 Å². The van der Waals surface area contributed by atoms with Gasteiger partial charge in [-0.25, -0.2) is 9.97 Å². The predicted molar refractivity (Wildman–Crippen MR) is 107 cm³/mol. The number of anilines is 4. The molecule has 2 aromatic carbocycles. The average molecular weight is 384 g/mol. The van der Waals surface area contributed by atoms with Gasteiger partial charge in [-0.2, -0.15) is 0 Å². The van der Waals surface area contributed by atoms with E-state index in [1.165, 1.54) is 6.33 Å². The van der Waals surface area contributed by atoms with Crippen molar-refractivity contribution in [2.75, 3.05) is 10.6 Å². The zero-order valence-electron chi connectivity index (χ0n) is 14.9. The van der Waals surface area contributed by atoms with Gasteiger partial charge in [-0.1, -0.05) is 42.8 Å². The number of hydrogen-bond acceptors (Lipinski definition) is 6. The lowest BCUT2D eigenvalue weighted by atomic mass is 10.1. The summed E-state index contributed by atoms with van der Waals surface area (Å²) >= 11 is 6.14. The van der Waals surface area contributed by atoms with Gasteiger partial charge in [0.05, 0.1) is 4.92 Å². The van der Waals surface area contributed by atoms with Crippen molar-refractivity contribution in [1.82, 2.24) is 9.97 Å². The van der Waals surface area contributed by atoms with Gasteiger partial charge < -0.3 is 10.6 Å². The molecule has 138 valence electrons. The molecule has 27 heavy (non-hydrogen) atoms. The van der Waals surface area contributed by atoms with E-state index in [0.29, 0.717) is 10.7 Å². The van der Waals surface area contributed by atoms with Crippen LogP contribution in [-0.2, 0) is 6.42 Å². The summed E-state index contributed by atoms with van der Waals surface area (Å²) < 4.78 is 0. The second-order valence-corrected chi connectivity index (χ2v) is 6.31. The first kappa shape index (κ1) is 18.6. The summed E-state index contributed by atoms with van der Waals surface area (Å²) in [6.45, 7) is 3.90. The molecule has 0 radical (unpaired) electrons. The highest BCUT2D eigenvalue weighted by molar-refractivity contribution is 6.31. The smallest absolute Gasteiger partial charge is 0.334 e. The lowest BCUT2D eigenvalue weighted by molar-refractivity contribution is -0.383. The summed E-state index contributed by atoms with van der Waals surface area (Å²) in [4.78, 5) is 19.3. The topological polar surface area (TPSA) is 93.0 Å². The number of hydrogen-bond donors (Lipinski definition) is 2. The van der Waals surface area contributed by atoms with Gasteiger partial charge in [-0.05, 0) is 42.7 Å². The van der Waals surface area contributed by atoms with Gasteiger partial charge >= 0.3 is 5.69 Å². The Labute approximate surface area is 161 Å². The van der Waals surface area contributed by atoms with Gasteiger partial charge in [-0.3, -0.25) is 10.1 Å². The third-order valence-electron chi connectivity index (χ3n) is 4.09. The molecule has 0 aliphatic rings. The zero-order valence-corrected chi connectivity index (χ0v) is 15.6. The SMILES string of the molecule is CCc1ccccc1Nc1ncnc(Nc2ccc(C)c(Cl)c2)c1[N+](=O)[O-]. The molecule has 0 aliphatic carbocycles. The Morgan fingerprint density at radius 1 is 1.11 bits per heavy atom. The Morgan fingerprint density at radius 3 is 2.48 bits per heavy atom. The van der Waals surface area contributed by atoms with E-state index in [-0.39, 0.29) is 17.3 Å². The lowest BCUT2D eigenvalue weighted by Crippen LogP contribution is -2.06. The largest absolute Gasteiger partial charge is 0.353 e. The second-order valence-electron chi connectivity index (χ2n) is 5.90. The second kappa shape index (κ2) is 8.01. The molecule has 3 rings (SSSR count). The highest BCUT2D eigenvalue weighted by Crippen LogP contribution is 2.34. The van der Waals surface area contributed by atoms with E-state index in [9.17, 15) is 10.1 Å². The molecule has 0 unspecified atom stereocenters. The number of nitrogens with zero attached hydrogens (tertiary/aromatic N) is 3. The van der Waals surface area contributed by atoms with Crippen LogP contribution in [-0.4, -0.2) is 14.9 Å². The molecule has 0 atom stereocenters. The Bertz CT molecular complexity index is 994. The predicted octanol–water partition coefficient (Wildman–Crippen LogP) is 5.40. The van der Waals surface area contributed by atoms with Crippen LogP contribution in [0.15, 0.2) is 48.8 Å². The van der Waals surface area contributed by atoms with Crippen LogP contribution in [0.2, 0.25) is 5.02 Å². The van der Waals surface area contributed by atoms with E-state index in [0.717, 1.165) is 23.2 Å². The molecular weight excluding hydrogens is 366 g/mol. The van der Waals surface area contributed by atoms with Crippen LogP contribution >= 0.6 is 11.6 Å². The van der Waals surface area contributed by atoms with Gasteiger partial charge in [-0.15, -0.1) is 0 Å². The number of para-hydroxylation sites is 1. The van der Waals surface area contributed by atoms with Gasteiger partial charge in [0.2, 0.25) is 11.6 Å². The van der Waals surface area contributed by atoms with Crippen LogP contribution in [0.25, 0.3) is 0 Å². The summed E-state index contributed by atoms with van der Waals surface area (Å²) in [6, 6.07) is 12.9. The number of aromatic nitrogens is 2. The van der Waals surface area contributed by atoms with Gasteiger partial charge in [0.25, 0.3) is 0 Å². The highest BCUT2D eigenvalue weighted by atomic mass is 35.5. The highest BCUT2D eigenvalue weighted by Gasteiger charge is 2.24. The molecule has 0 saturated heterocycles. The number of halogens is 1. The molecule has 0 bridgehead atoms. The van der Waals surface area contributed by atoms with Crippen LogP contribution < -0.4 is 10.6 Å². The van der Waals surface area contributed by atoms with Gasteiger partial charge in [0.15, 0.2) is 0 Å². The Kier molecular flexibility index (Phi) is 5.52. The summed E-state index contributed by atoms with van der Waals surface area (Å²) in [6.07, 6.45) is 2.07. The minimum atomic E-state index is -0.505. The van der Waals surface area contributed by atoms with Crippen LogP contribution in [0.3, 0.4) is 0 Å². The Hall–Kier alpha value is -3.19. The van der Waals surface area contributed by atoms with Crippen molar-refractivity contribution in [3.05, 3.63) is 75.1 Å². The van der Waals surface area contributed by atoms with Crippen molar-refractivity contribution in [2.45, 2.75) is 20.3 Å². The molecule has 0 saturated carbocycles. The van der Waals surface area contributed by atoms with E-state index in [1.807, 2.05) is 44.2 Å². The number of nitrogens with one attached hydrogen (secondary N) is 2. The maximum absolute atomic E-state index is 11.7. The van der Waals surface area contributed by atoms with Gasteiger partial charge in [0.1, 0.15) is 6.33 Å². The minimum absolute atomic E-state index is 0.0893. The first-order chi connectivity index (χ1) is 13.0. The van der Waals surface area contributed by atoms with Crippen molar-refractivity contribution in [2.24, 2.45) is 0 Å². The number of rotatable bonds is 6. The summed E-state index contributed by atoms with van der Waals surface area (Å²) in [5, 5.41) is 18.3. The van der Waals surface area contributed by atoms with Crippen LogP contribution in [0, 0.1) is 17.0 Å². The molecule has 8 heteroatoms. The number of nitro groups is 1. The molecule has 7 nitrogen and oxygen atoms in total. The quantitative estimate of drug-likeness (QED) is 0.437. The standard InChI is InChI=1S/C19H18ClN5O2/c1-3-13-6-4-5-7-16(13)24-19-17(25(26)27)18(21-11-22-19)23-14-9-8-12(2)15(20)10-14/h4-11H,3H2,1-2H3,(H2,21,22,23,24). The normalized spacial score (nSPS) is 10.5. The monoisotopic (exact) mass is 383 g/mol. The molecule has 3 aromatic rings. The minimum Gasteiger partial charge on any atom is -0.334 e. The first-order valence-corrected chi connectivity index (χ1v) is 8.75. The average Bonchev–Trinajstić information content (AvgIpc) is 2.65. The molecule has 0 spiro atoms. The lowest BCUT2D eigenvalue weighted by Gasteiger charge is -2.12. The van der Waals surface area contributed by atoms with Crippen molar-refractivity contribution in [3.8, 4) is 0 Å². The molecule has 0 amide bonds.